The van der Waals surface area contributed by atoms with Crippen LogP contribution in [0.3, 0.4) is 0 Å². The van der Waals surface area contributed by atoms with Crippen molar-refractivity contribution in [2.45, 2.75) is 6.92 Å². The topological polar surface area (TPSA) is 62.6 Å². The number of benzene rings is 1. The minimum atomic E-state index is 0.714. The average Bonchev–Trinajstić information content (AvgIpc) is 2.63. The van der Waals surface area contributed by atoms with Crippen LogP contribution in [0.2, 0.25) is 0 Å². The molecule has 2 heterocycles. The Morgan fingerprint density at radius 2 is 1.78 bits per heavy atom. The first-order valence-corrected chi connectivity index (χ1v) is 7.74. The number of hydrogen-bond donors (Lipinski definition) is 1. The van der Waals surface area contributed by atoms with Crippen molar-refractivity contribution < 1.29 is 4.84 Å². The Hall–Kier alpha value is -2.47. The number of nitrogens with zero attached hydrogens (tertiary/aromatic N) is 4. The second kappa shape index (κ2) is 7.19. The van der Waals surface area contributed by atoms with Gasteiger partial charge in [-0.1, -0.05) is 5.16 Å². The van der Waals surface area contributed by atoms with Gasteiger partial charge in [0.2, 0.25) is 0 Å². The predicted molar refractivity (Wildman–Crippen MR) is 91.8 cm³/mol. The molecule has 2 aromatic rings. The largest absolute Gasteiger partial charge is 0.399 e. The smallest absolute Gasteiger partial charge is 0.159 e. The summed E-state index contributed by atoms with van der Waals surface area (Å²) in [5.74, 6) is 0.714. The summed E-state index contributed by atoms with van der Waals surface area (Å²) in [5, 5.41) is 7.25. The number of oxime groups is 1. The van der Waals surface area contributed by atoms with Gasteiger partial charge in [0.05, 0.1) is 5.71 Å². The van der Waals surface area contributed by atoms with Crippen LogP contribution in [0, 0.1) is 0 Å². The third-order valence-electron chi connectivity index (χ3n) is 3.91. The molecule has 0 aliphatic carbocycles. The number of anilines is 1. The normalized spacial score (nSPS) is 15.6. The third kappa shape index (κ3) is 3.65. The highest BCUT2D eigenvalue weighted by Gasteiger charge is 2.10. The zero-order valence-corrected chi connectivity index (χ0v) is 13.5. The Labute approximate surface area is 136 Å². The molecule has 0 atom stereocenters. The molecule has 0 saturated carbocycles. The highest BCUT2D eigenvalue weighted by molar-refractivity contribution is 5.97. The van der Waals surface area contributed by atoms with E-state index in [-0.39, 0.29) is 0 Å². The lowest BCUT2D eigenvalue weighted by molar-refractivity contribution is 0.213. The average molecular weight is 311 g/mol. The van der Waals surface area contributed by atoms with Crippen molar-refractivity contribution in [2.24, 2.45) is 5.16 Å². The van der Waals surface area contributed by atoms with Gasteiger partial charge in [0, 0.05) is 55.4 Å². The van der Waals surface area contributed by atoms with Crippen molar-refractivity contribution >= 4 is 11.4 Å². The lowest BCUT2D eigenvalue weighted by Gasteiger charge is -2.29. The van der Waals surface area contributed by atoms with E-state index < -0.39 is 0 Å². The van der Waals surface area contributed by atoms with E-state index in [1.54, 1.807) is 12.4 Å². The quantitative estimate of drug-likeness (QED) is 0.690. The van der Waals surface area contributed by atoms with E-state index in [9.17, 15) is 0 Å². The molecule has 1 fully saturated rings. The molecular formula is C17H21N5O. The van der Waals surface area contributed by atoms with Gasteiger partial charge in [-0.15, -0.1) is 0 Å². The van der Waals surface area contributed by atoms with Gasteiger partial charge in [0.1, 0.15) is 7.11 Å². The molecule has 6 nitrogen and oxygen atoms in total. The van der Waals surface area contributed by atoms with Gasteiger partial charge in [-0.25, -0.2) is 9.97 Å². The van der Waals surface area contributed by atoms with Crippen LogP contribution in [0.1, 0.15) is 12.5 Å². The first-order chi connectivity index (χ1) is 11.3. The van der Waals surface area contributed by atoms with Crippen molar-refractivity contribution in [1.82, 2.24) is 15.3 Å². The van der Waals surface area contributed by atoms with E-state index >= 15 is 0 Å². The Balaban J connectivity index is 1.75. The SMILES string of the molecule is CO/N=C(/C)c1cnc(-c2ccc(N3CCNCC3)cc2)nc1. The van der Waals surface area contributed by atoms with Gasteiger partial charge in [0.15, 0.2) is 5.82 Å². The van der Waals surface area contributed by atoms with E-state index in [0.29, 0.717) is 5.82 Å². The fourth-order valence-corrected chi connectivity index (χ4v) is 2.60. The maximum Gasteiger partial charge on any atom is 0.159 e. The van der Waals surface area contributed by atoms with Gasteiger partial charge in [-0.05, 0) is 31.2 Å². The minimum absolute atomic E-state index is 0.714. The second-order valence-corrected chi connectivity index (χ2v) is 5.44. The van der Waals surface area contributed by atoms with Crippen LogP contribution in [-0.2, 0) is 4.84 Å². The molecule has 0 bridgehead atoms. The summed E-state index contributed by atoms with van der Waals surface area (Å²) in [6.45, 7) is 6.03. The molecule has 0 radical (unpaired) electrons. The highest BCUT2D eigenvalue weighted by Crippen LogP contribution is 2.21. The van der Waals surface area contributed by atoms with Gasteiger partial charge >= 0.3 is 0 Å². The van der Waals surface area contributed by atoms with Gasteiger partial charge < -0.3 is 15.1 Å². The summed E-state index contributed by atoms with van der Waals surface area (Å²) < 4.78 is 0. The first kappa shape index (κ1) is 15.4. The Morgan fingerprint density at radius 1 is 1.13 bits per heavy atom. The van der Waals surface area contributed by atoms with Crippen molar-refractivity contribution in [3.63, 3.8) is 0 Å². The minimum Gasteiger partial charge on any atom is -0.399 e. The summed E-state index contributed by atoms with van der Waals surface area (Å²) in [4.78, 5) is 16.0. The van der Waals surface area contributed by atoms with Crippen LogP contribution in [-0.4, -0.2) is 49.0 Å². The number of hydrogen-bond acceptors (Lipinski definition) is 6. The summed E-state index contributed by atoms with van der Waals surface area (Å²) in [6, 6.07) is 8.41. The maximum atomic E-state index is 4.77. The summed E-state index contributed by atoms with van der Waals surface area (Å²) in [7, 11) is 1.53. The van der Waals surface area contributed by atoms with Crippen LogP contribution < -0.4 is 10.2 Å². The molecule has 0 unspecified atom stereocenters. The Kier molecular flexibility index (Phi) is 4.83. The molecule has 1 N–H and O–H groups in total. The molecule has 1 aromatic carbocycles. The molecule has 1 aromatic heterocycles. The second-order valence-electron chi connectivity index (χ2n) is 5.44. The molecular weight excluding hydrogens is 290 g/mol. The fourth-order valence-electron chi connectivity index (χ4n) is 2.60. The van der Waals surface area contributed by atoms with E-state index in [0.717, 1.165) is 43.0 Å². The number of rotatable bonds is 4. The zero-order chi connectivity index (χ0) is 16.1. The molecule has 1 saturated heterocycles. The van der Waals surface area contributed by atoms with E-state index in [2.05, 4.69) is 49.6 Å². The van der Waals surface area contributed by atoms with Gasteiger partial charge in [-0.2, -0.15) is 0 Å². The predicted octanol–water partition coefficient (Wildman–Crippen LogP) is 1.92. The van der Waals surface area contributed by atoms with Crippen molar-refractivity contribution in [3.05, 3.63) is 42.2 Å². The summed E-state index contributed by atoms with van der Waals surface area (Å²) in [6.07, 6.45) is 3.54. The van der Waals surface area contributed by atoms with E-state index in [1.165, 1.54) is 12.8 Å². The number of piperazine rings is 1. The fraction of sp³-hybridized carbons (Fsp3) is 0.353. The van der Waals surface area contributed by atoms with Crippen molar-refractivity contribution in [2.75, 3.05) is 38.2 Å². The lowest BCUT2D eigenvalue weighted by atomic mass is 10.1. The molecule has 3 rings (SSSR count). The number of aromatic nitrogens is 2. The Morgan fingerprint density at radius 3 is 2.39 bits per heavy atom. The first-order valence-electron chi connectivity index (χ1n) is 7.74. The molecule has 6 heteroatoms. The van der Waals surface area contributed by atoms with Crippen LogP contribution in [0.15, 0.2) is 41.8 Å². The van der Waals surface area contributed by atoms with Crippen LogP contribution in [0.25, 0.3) is 11.4 Å². The van der Waals surface area contributed by atoms with Crippen LogP contribution in [0.4, 0.5) is 5.69 Å². The van der Waals surface area contributed by atoms with Gasteiger partial charge in [-0.3, -0.25) is 0 Å². The zero-order valence-electron chi connectivity index (χ0n) is 13.5. The lowest BCUT2D eigenvalue weighted by Crippen LogP contribution is -2.43. The van der Waals surface area contributed by atoms with E-state index in [4.69, 9.17) is 4.84 Å². The maximum absolute atomic E-state index is 4.77. The molecule has 120 valence electrons. The molecule has 0 amide bonds. The molecule has 0 spiro atoms. The summed E-state index contributed by atoms with van der Waals surface area (Å²) >= 11 is 0. The molecule has 1 aliphatic heterocycles. The monoisotopic (exact) mass is 311 g/mol. The van der Waals surface area contributed by atoms with E-state index in [1.807, 2.05) is 6.92 Å². The van der Waals surface area contributed by atoms with Crippen molar-refractivity contribution in [1.29, 1.82) is 0 Å². The van der Waals surface area contributed by atoms with Crippen molar-refractivity contribution in [3.8, 4) is 11.4 Å². The number of nitrogens with one attached hydrogen (secondary N) is 1. The summed E-state index contributed by atoms with van der Waals surface area (Å²) in [5.41, 5.74) is 3.87. The van der Waals surface area contributed by atoms with Crippen LogP contribution >= 0.6 is 0 Å². The molecule has 23 heavy (non-hydrogen) atoms. The Bertz CT molecular complexity index is 660. The van der Waals surface area contributed by atoms with Gasteiger partial charge in [0.25, 0.3) is 0 Å². The standard InChI is InChI=1S/C17H21N5O/c1-13(21-23-2)15-11-19-17(20-12-15)14-3-5-16(6-4-14)22-9-7-18-8-10-22/h3-6,11-12,18H,7-10H2,1-2H3/b21-13-. The third-order valence-corrected chi connectivity index (χ3v) is 3.91. The van der Waals surface area contributed by atoms with Crippen LogP contribution in [0.5, 0.6) is 0 Å². The molecule has 1 aliphatic rings. The highest BCUT2D eigenvalue weighted by atomic mass is 16.6.